The van der Waals surface area contributed by atoms with E-state index in [2.05, 4.69) is 9.97 Å². The number of anilines is 1. The first kappa shape index (κ1) is 10.7. The summed E-state index contributed by atoms with van der Waals surface area (Å²) in [5.74, 6) is -0.288. The van der Waals surface area contributed by atoms with E-state index >= 15 is 0 Å². The monoisotopic (exact) mass is 239 g/mol. The van der Waals surface area contributed by atoms with Gasteiger partial charge < -0.3 is 5.73 Å². The van der Waals surface area contributed by atoms with Gasteiger partial charge in [-0.15, -0.1) is 0 Å². The first-order valence-electron chi connectivity index (χ1n) is 5.50. The lowest BCUT2D eigenvalue weighted by molar-refractivity contribution is 0.639. The Morgan fingerprint density at radius 3 is 2.83 bits per heavy atom. The largest absolute Gasteiger partial charge is 0.398 e. The molecule has 2 aromatic heterocycles. The molecule has 3 rings (SSSR count). The number of benzene rings is 1. The van der Waals surface area contributed by atoms with E-state index in [1.165, 1.54) is 6.07 Å². The molecule has 2 heterocycles. The van der Waals surface area contributed by atoms with E-state index in [4.69, 9.17) is 5.73 Å². The molecule has 0 bridgehead atoms. The second-order valence-electron chi connectivity index (χ2n) is 3.99. The molecule has 0 spiro atoms. The predicted molar refractivity (Wildman–Crippen MR) is 69.3 cm³/mol. The van der Waals surface area contributed by atoms with Gasteiger partial charge in [-0.3, -0.25) is 9.97 Å². The molecule has 2 N–H and O–H groups in total. The maximum Gasteiger partial charge on any atom is 0.132 e. The molecule has 0 atom stereocenters. The predicted octanol–water partition coefficient (Wildman–Crippen LogP) is 3.02. The van der Waals surface area contributed by atoms with Crippen molar-refractivity contribution in [3.63, 3.8) is 0 Å². The molecule has 3 aromatic rings. The minimum atomic E-state index is -0.288. The van der Waals surface area contributed by atoms with Crippen LogP contribution in [0.25, 0.3) is 22.0 Å². The van der Waals surface area contributed by atoms with E-state index in [0.717, 1.165) is 11.1 Å². The molecule has 0 fully saturated rings. The van der Waals surface area contributed by atoms with Crippen LogP contribution in [0.4, 0.5) is 10.1 Å². The third kappa shape index (κ3) is 1.68. The van der Waals surface area contributed by atoms with Crippen molar-refractivity contribution in [2.45, 2.75) is 0 Å². The van der Waals surface area contributed by atoms with E-state index < -0.39 is 0 Å². The Morgan fingerprint density at radius 2 is 2.00 bits per heavy atom. The Balaban J connectivity index is 2.26. The smallest absolute Gasteiger partial charge is 0.132 e. The van der Waals surface area contributed by atoms with Crippen molar-refractivity contribution in [1.29, 1.82) is 0 Å². The minimum absolute atomic E-state index is 0.288. The zero-order chi connectivity index (χ0) is 12.5. The lowest BCUT2D eigenvalue weighted by atomic mass is 10.1. The van der Waals surface area contributed by atoms with Crippen LogP contribution in [0.1, 0.15) is 0 Å². The van der Waals surface area contributed by atoms with Crippen molar-refractivity contribution < 1.29 is 4.39 Å². The zero-order valence-electron chi connectivity index (χ0n) is 9.47. The van der Waals surface area contributed by atoms with Crippen LogP contribution in [-0.4, -0.2) is 9.97 Å². The van der Waals surface area contributed by atoms with Gasteiger partial charge in [0.15, 0.2) is 0 Å². The van der Waals surface area contributed by atoms with Crippen LogP contribution in [0.5, 0.6) is 0 Å². The van der Waals surface area contributed by atoms with Crippen LogP contribution in [0.2, 0.25) is 0 Å². The van der Waals surface area contributed by atoms with Crippen LogP contribution < -0.4 is 5.73 Å². The highest BCUT2D eigenvalue weighted by Crippen LogP contribution is 2.27. The fraction of sp³-hybridized carbons (Fsp3) is 0. The first-order valence-corrected chi connectivity index (χ1v) is 5.50. The quantitative estimate of drug-likeness (QED) is 0.710. The van der Waals surface area contributed by atoms with Crippen molar-refractivity contribution in [3.8, 4) is 11.1 Å². The van der Waals surface area contributed by atoms with E-state index in [-0.39, 0.29) is 5.82 Å². The number of halogens is 1. The van der Waals surface area contributed by atoms with Gasteiger partial charge in [0.2, 0.25) is 0 Å². The summed E-state index contributed by atoms with van der Waals surface area (Å²) in [6.45, 7) is 0. The Labute approximate surface area is 103 Å². The zero-order valence-corrected chi connectivity index (χ0v) is 9.47. The molecule has 88 valence electrons. The Morgan fingerprint density at radius 1 is 1.11 bits per heavy atom. The summed E-state index contributed by atoms with van der Waals surface area (Å²) in [5, 5.41) is 0.484. The number of hydrogen-bond acceptors (Lipinski definition) is 3. The molecule has 0 saturated heterocycles. The van der Waals surface area contributed by atoms with E-state index in [0.29, 0.717) is 16.6 Å². The van der Waals surface area contributed by atoms with Crippen LogP contribution in [0.3, 0.4) is 0 Å². The fourth-order valence-corrected chi connectivity index (χ4v) is 1.91. The van der Waals surface area contributed by atoms with Gasteiger partial charge in [-0.2, -0.15) is 0 Å². The molecular weight excluding hydrogens is 229 g/mol. The third-order valence-corrected chi connectivity index (χ3v) is 2.84. The molecule has 4 heteroatoms. The molecule has 1 aromatic carbocycles. The standard InChI is InChI=1S/C14H10FN3/c15-12-2-1-3-14-10(12)6-9(7-18-14)11-8-17-5-4-13(11)16/h1-8H,(H2,16,17). The second-order valence-corrected chi connectivity index (χ2v) is 3.99. The number of nitrogens with two attached hydrogens (primary N) is 1. The Kier molecular flexibility index (Phi) is 2.41. The number of nitrogen functional groups attached to an aromatic ring is 1. The van der Waals surface area contributed by atoms with Gasteiger partial charge in [0, 0.05) is 40.8 Å². The number of fused-ring (bicyclic) bond motifs is 1. The van der Waals surface area contributed by atoms with Gasteiger partial charge in [-0.1, -0.05) is 6.07 Å². The molecule has 0 saturated carbocycles. The van der Waals surface area contributed by atoms with Gasteiger partial charge in [-0.25, -0.2) is 4.39 Å². The van der Waals surface area contributed by atoms with Crippen molar-refractivity contribution in [2.24, 2.45) is 0 Å². The number of nitrogens with zero attached hydrogens (tertiary/aromatic N) is 2. The molecule has 0 unspecified atom stereocenters. The summed E-state index contributed by atoms with van der Waals surface area (Å²) in [5.41, 5.74) is 8.62. The van der Waals surface area contributed by atoms with Crippen LogP contribution >= 0.6 is 0 Å². The van der Waals surface area contributed by atoms with Crippen LogP contribution in [0, 0.1) is 5.82 Å². The topological polar surface area (TPSA) is 51.8 Å². The third-order valence-electron chi connectivity index (χ3n) is 2.84. The minimum Gasteiger partial charge on any atom is -0.398 e. The summed E-state index contributed by atoms with van der Waals surface area (Å²) in [7, 11) is 0. The molecular formula is C14H10FN3. The van der Waals surface area contributed by atoms with Crippen molar-refractivity contribution >= 4 is 16.6 Å². The SMILES string of the molecule is Nc1ccncc1-c1cnc2cccc(F)c2c1. The highest BCUT2D eigenvalue weighted by molar-refractivity contribution is 5.86. The Bertz CT molecular complexity index is 725. The van der Waals surface area contributed by atoms with Gasteiger partial charge in [0.1, 0.15) is 5.82 Å². The second kappa shape index (κ2) is 4.07. The first-order chi connectivity index (χ1) is 8.75. The number of hydrogen-bond donors (Lipinski definition) is 1. The molecule has 0 radical (unpaired) electrons. The van der Waals surface area contributed by atoms with E-state index in [1.54, 1.807) is 42.9 Å². The number of rotatable bonds is 1. The summed E-state index contributed by atoms with van der Waals surface area (Å²) in [4.78, 5) is 8.26. The fourth-order valence-electron chi connectivity index (χ4n) is 1.91. The molecule has 0 aliphatic rings. The summed E-state index contributed by atoms with van der Waals surface area (Å²) in [6.07, 6.45) is 4.95. The van der Waals surface area contributed by atoms with Crippen LogP contribution in [0.15, 0.2) is 48.9 Å². The lowest BCUT2D eigenvalue weighted by Gasteiger charge is -2.06. The summed E-state index contributed by atoms with van der Waals surface area (Å²) < 4.78 is 13.7. The maximum absolute atomic E-state index is 13.7. The Hall–Kier alpha value is -2.49. The summed E-state index contributed by atoms with van der Waals surface area (Å²) in [6, 6.07) is 8.28. The molecule has 0 aliphatic heterocycles. The van der Waals surface area contributed by atoms with Gasteiger partial charge in [-0.05, 0) is 24.3 Å². The number of aromatic nitrogens is 2. The molecule has 0 aliphatic carbocycles. The highest BCUT2D eigenvalue weighted by atomic mass is 19.1. The van der Waals surface area contributed by atoms with E-state index in [1.807, 2.05) is 0 Å². The average molecular weight is 239 g/mol. The maximum atomic E-state index is 13.7. The molecule has 0 amide bonds. The van der Waals surface area contributed by atoms with Crippen molar-refractivity contribution in [1.82, 2.24) is 9.97 Å². The lowest BCUT2D eigenvalue weighted by Crippen LogP contribution is -1.92. The average Bonchev–Trinajstić information content (AvgIpc) is 2.40. The summed E-state index contributed by atoms with van der Waals surface area (Å²) >= 11 is 0. The highest BCUT2D eigenvalue weighted by Gasteiger charge is 2.06. The van der Waals surface area contributed by atoms with Crippen LogP contribution in [-0.2, 0) is 0 Å². The van der Waals surface area contributed by atoms with E-state index in [9.17, 15) is 4.39 Å². The van der Waals surface area contributed by atoms with Gasteiger partial charge >= 0.3 is 0 Å². The molecule has 3 nitrogen and oxygen atoms in total. The number of pyridine rings is 2. The van der Waals surface area contributed by atoms with Gasteiger partial charge in [0.05, 0.1) is 5.52 Å². The van der Waals surface area contributed by atoms with Crippen molar-refractivity contribution in [2.75, 3.05) is 5.73 Å². The van der Waals surface area contributed by atoms with Gasteiger partial charge in [0.25, 0.3) is 0 Å². The molecule has 18 heavy (non-hydrogen) atoms. The van der Waals surface area contributed by atoms with Crippen molar-refractivity contribution in [3.05, 3.63) is 54.7 Å². The normalized spacial score (nSPS) is 10.7.